The van der Waals surface area contributed by atoms with Gasteiger partial charge in [0.1, 0.15) is 0 Å². The number of halogens is 3. The predicted octanol–water partition coefficient (Wildman–Crippen LogP) is 1.72. The van der Waals surface area contributed by atoms with Crippen LogP contribution >= 0.6 is 0 Å². The fraction of sp³-hybridized carbons (Fsp3) is 1.00. The molecule has 0 spiro atoms. The summed E-state index contributed by atoms with van der Waals surface area (Å²) in [5, 5.41) is 3.03. The molecule has 2 fully saturated rings. The summed E-state index contributed by atoms with van der Waals surface area (Å²) in [7, 11) is 0. The molecule has 0 aromatic carbocycles. The van der Waals surface area contributed by atoms with Gasteiger partial charge in [-0.25, -0.2) is 4.90 Å². The molecule has 1 heterocycles. The second-order valence-corrected chi connectivity index (χ2v) is 4.11. The number of nitrogens with one attached hydrogen (secondary N) is 1. The van der Waals surface area contributed by atoms with E-state index < -0.39 is 6.30 Å². The molecule has 2 rings (SSSR count). The second kappa shape index (κ2) is 3.70. The van der Waals surface area contributed by atoms with Gasteiger partial charge in [-0.05, 0) is 32.2 Å². The largest absolute Gasteiger partial charge is 0.460 e. The Hall–Kier alpha value is -0.290. The highest BCUT2D eigenvalue weighted by Crippen LogP contribution is 2.38. The third kappa shape index (κ3) is 2.20. The molecule has 1 aliphatic heterocycles. The van der Waals surface area contributed by atoms with Gasteiger partial charge in [-0.2, -0.15) is 13.2 Å². The molecular weight excluding hydrogens is 193 g/mol. The lowest BCUT2D eigenvalue weighted by molar-refractivity contribution is -0.263. The lowest BCUT2D eigenvalue weighted by atomic mass is 10.1. The number of rotatable bonds is 2. The van der Waals surface area contributed by atoms with E-state index >= 15 is 0 Å². The number of piperidine rings is 1. The highest BCUT2D eigenvalue weighted by molar-refractivity contribution is 4.92. The van der Waals surface area contributed by atoms with Crippen molar-refractivity contribution in [3.05, 3.63) is 0 Å². The van der Waals surface area contributed by atoms with Crippen LogP contribution in [0.5, 0.6) is 0 Å². The Morgan fingerprint density at radius 3 is 2.21 bits per heavy atom. The molecule has 0 unspecified atom stereocenters. The maximum absolute atomic E-state index is 12.7. The summed E-state index contributed by atoms with van der Waals surface area (Å²) in [5.41, 5.74) is 0. The molecule has 5 heteroatoms. The van der Waals surface area contributed by atoms with Crippen molar-refractivity contribution in [2.24, 2.45) is 0 Å². The van der Waals surface area contributed by atoms with Crippen molar-refractivity contribution in [1.82, 2.24) is 10.2 Å². The minimum Gasteiger partial charge on any atom is -0.315 e. The van der Waals surface area contributed by atoms with Crippen LogP contribution in [0.15, 0.2) is 0 Å². The molecule has 0 amide bonds. The fourth-order valence-electron chi connectivity index (χ4n) is 2.14. The molecule has 1 saturated carbocycles. The van der Waals surface area contributed by atoms with E-state index in [1.165, 1.54) is 0 Å². The van der Waals surface area contributed by atoms with Crippen LogP contribution in [0.3, 0.4) is 0 Å². The Labute approximate surface area is 81.5 Å². The molecule has 2 nitrogen and oxygen atoms in total. The summed E-state index contributed by atoms with van der Waals surface area (Å²) < 4.78 is 38.1. The van der Waals surface area contributed by atoms with Gasteiger partial charge in [0.2, 0.25) is 0 Å². The van der Waals surface area contributed by atoms with Crippen LogP contribution < -0.4 is 5.32 Å². The van der Waals surface area contributed by atoms with Crippen molar-refractivity contribution < 1.29 is 13.2 Å². The van der Waals surface area contributed by atoms with Crippen molar-refractivity contribution in [3.8, 4) is 0 Å². The first-order valence-electron chi connectivity index (χ1n) is 5.15. The molecule has 2 aliphatic rings. The summed E-state index contributed by atoms with van der Waals surface area (Å²) in [5.74, 6) is 0. The van der Waals surface area contributed by atoms with Crippen molar-refractivity contribution in [1.29, 1.82) is 0 Å². The Morgan fingerprint density at radius 1 is 1.07 bits per heavy atom. The molecule has 1 aliphatic carbocycles. The van der Waals surface area contributed by atoms with E-state index in [-0.39, 0.29) is 12.1 Å². The minimum absolute atomic E-state index is 0.236. The number of hydrogen-bond acceptors (Lipinski definition) is 2. The van der Waals surface area contributed by atoms with Crippen molar-refractivity contribution in [3.63, 3.8) is 0 Å². The zero-order valence-electron chi connectivity index (χ0n) is 7.98. The van der Waals surface area contributed by atoms with Crippen LogP contribution in [-0.4, -0.2) is 36.4 Å². The van der Waals surface area contributed by atoms with E-state index in [0.717, 1.165) is 17.9 Å². The third-order valence-corrected chi connectivity index (χ3v) is 2.90. The maximum atomic E-state index is 12.7. The third-order valence-electron chi connectivity index (χ3n) is 2.90. The van der Waals surface area contributed by atoms with E-state index in [9.17, 15) is 13.2 Å². The van der Waals surface area contributed by atoms with E-state index in [4.69, 9.17) is 0 Å². The summed E-state index contributed by atoms with van der Waals surface area (Å²) in [6, 6.07) is -0.573. The molecule has 1 saturated heterocycles. The van der Waals surface area contributed by atoms with Crippen LogP contribution in [0.1, 0.15) is 25.7 Å². The maximum Gasteiger partial charge on any atom is 0.460 e. The van der Waals surface area contributed by atoms with Crippen LogP contribution in [0.25, 0.3) is 0 Å². The zero-order valence-corrected chi connectivity index (χ0v) is 7.98. The Morgan fingerprint density at radius 2 is 1.79 bits per heavy atom. The van der Waals surface area contributed by atoms with E-state index in [0.29, 0.717) is 25.8 Å². The van der Waals surface area contributed by atoms with Gasteiger partial charge in [0.25, 0.3) is 0 Å². The number of nitrogens with zero attached hydrogens (tertiary/aromatic N) is 1. The highest BCUT2D eigenvalue weighted by atomic mass is 19.4. The molecule has 1 atom stereocenters. The Balaban J connectivity index is 2.01. The quantitative estimate of drug-likeness (QED) is 0.695. The number of hydrogen-bond donors (Lipinski definition) is 1. The average Bonchev–Trinajstić information content (AvgIpc) is 2.88. The first-order valence-corrected chi connectivity index (χ1v) is 5.15. The topological polar surface area (TPSA) is 15.3 Å². The minimum atomic E-state index is -4.15. The van der Waals surface area contributed by atoms with Crippen LogP contribution in [0.4, 0.5) is 13.2 Å². The highest BCUT2D eigenvalue weighted by Gasteiger charge is 2.49. The first kappa shape index (κ1) is 10.2. The SMILES string of the molecule is FC(F)(F)N(C1CC1)[C@H]1CCCNC1. The molecular formula is C9H15F3N2. The number of alkyl halides is 3. The van der Waals surface area contributed by atoms with Crippen molar-refractivity contribution in [2.75, 3.05) is 13.1 Å². The Bertz CT molecular complexity index is 195. The average molecular weight is 208 g/mol. The second-order valence-electron chi connectivity index (χ2n) is 4.11. The smallest absolute Gasteiger partial charge is 0.315 e. The van der Waals surface area contributed by atoms with E-state index in [1.807, 2.05) is 0 Å². The summed E-state index contributed by atoms with van der Waals surface area (Å²) in [4.78, 5) is 0.763. The van der Waals surface area contributed by atoms with E-state index in [2.05, 4.69) is 5.32 Å². The zero-order chi connectivity index (χ0) is 10.2. The van der Waals surface area contributed by atoms with Crippen molar-refractivity contribution >= 4 is 0 Å². The van der Waals surface area contributed by atoms with Gasteiger partial charge in [0, 0.05) is 18.6 Å². The lowest BCUT2D eigenvalue weighted by Crippen LogP contribution is -2.53. The van der Waals surface area contributed by atoms with Crippen LogP contribution in [0, 0.1) is 0 Å². The van der Waals surface area contributed by atoms with Gasteiger partial charge in [-0.15, -0.1) is 0 Å². The molecule has 0 bridgehead atoms. The molecule has 0 aromatic heterocycles. The van der Waals surface area contributed by atoms with Crippen molar-refractivity contribution in [2.45, 2.75) is 44.1 Å². The molecule has 0 aromatic rings. The predicted molar refractivity (Wildman–Crippen MR) is 46.8 cm³/mol. The first-order chi connectivity index (χ1) is 6.59. The summed E-state index contributed by atoms with van der Waals surface area (Å²) in [6.07, 6.45) is -1.22. The van der Waals surface area contributed by atoms with Gasteiger partial charge in [-0.3, -0.25) is 0 Å². The summed E-state index contributed by atoms with van der Waals surface area (Å²) in [6.45, 7) is 1.34. The monoisotopic (exact) mass is 208 g/mol. The van der Waals surface area contributed by atoms with Gasteiger partial charge in [0.05, 0.1) is 0 Å². The molecule has 0 radical (unpaired) electrons. The molecule has 82 valence electrons. The molecule has 1 N–H and O–H groups in total. The Kier molecular flexibility index (Phi) is 2.70. The van der Waals surface area contributed by atoms with Crippen LogP contribution in [0.2, 0.25) is 0 Å². The lowest BCUT2D eigenvalue weighted by Gasteiger charge is -2.35. The van der Waals surface area contributed by atoms with Gasteiger partial charge in [-0.1, -0.05) is 0 Å². The van der Waals surface area contributed by atoms with Crippen LogP contribution in [-0.2, 0) is 0 Å². The standard InChI is InChI=1S/C9H15F3N2/c10-9(11,12)14(7-3-4-7)8-2-1-5-13-6-8/h7-8,13H,1-6H2/t8-/m0/s1. The van der Waals surface area contributed by atoms with Gasteiger partial charge >= 0.3 is 6.30 Å². The van der Waals surface area contributed by atoms with Gasteiger partial charge in [0.15, 0.2) is 0 Å². The van der Waals surface area contributed by atoms with E-state index in [1.54, 1.807) is 0 Å². The van der Waals surface area contributed by atoms with Gasteiger partial charge < -0.3 is 5.32 Å². The normalized spacial score (nSPS) is 29.6. The fourth-order valence-corrected chi connectivity index (χ4v) is 2.14. The summed E-state index contributed by atoms with van der Waals surface area (Å²) >= 11 is 0. The molecule has 14 heavy (non-hydrogen) atoms.